The lowest BCUT2D eigenvalue weighted by Crippen LogP contribution is -2.41. The Balaban J connectivity index is 1.73. The number of nitrogens with zero attached hydrogens (tertiary/aromatic N) is 2. The van der Waals surface area contributed by atoms with Gasteiger partial charge in [0.2, 0.25) is 0 Å². The van der Waals surface area contributed by atoms with E-state index in [9.17, 15) is 4.79 Å². The third-order valence-electron chi connectivity index (χ3n) is 4.31. The summed E-state index contributed by atoms with van der Waals surface area (Å²) in [5.41, 5.74) is 2.17. The lowest BCUT2D eigenvalue weighted by Gasteiger charge is -2.37. The fourth-order valence-electron chi connectivity index (χ4n) is 3.09. The van der Waals surface area contributed by atoms with Crippen molar-refractivity contribution in [2.45, 2.75) is 12.5 Å². The number of amides is 1. The molecule has 1 unspecified atom stereocenters. The Morgan fingerprint density at radius 3 is 2.62 bits per heavy atom. The summed E-state index contributed by atoms with van der Waals surface area (Å²) in [6, 6.07) is 15.5. The van der Waals surface area contributed by atoms with Gasteiger partial charge in [-0.2, -0.15) is 0 Å². The molecule has 5 heteroatoms. The fourth-order valence-corrected chi connectivity index (χ4v) is 3.22. The Hall–Kier alpha value is -2.04. The van der Waals surface area contributed by atoms with Crippen LogP contribution in [-0.4, -0.2) is 38.1 Å². The third-order valence-corrected chi connectivity index (χ3v) is 4.57. The number of anilines is 1. The highest BCUT2D eigenvalue weighted by molar-refractivity contribution is 6.30. The molecule has 0 saturated carbocycles. The molecule has 0 fully saturated rings. The average molecular weight is 345 g/mol. The van der Waals surface area contributed by atoms with E-state index in [1.807, 2.05) is 23.1 Å². The molecule has 1 aliphatic rings. The van der Waals surface area contributed by atoms with E-state index in [0.717, 1.165) is 12.1 Å². The number of benzene rings is 2. The number of rotatable bonds is 4. The molecular formula is C19H21ClN2O2. The topological polar surface area (TPSA) is 32.8 Å². The maximum Gasteiger partial charge on any atom is 0.264 e. The number of fused-ring (bicyclic) bond motifs is 1. The van der Waals surface area contributed by atoms with Gasteiger partial charge in [0.05, 0.1) is 0 Å². The van der Waals surface area contributed by atoms with Gasteiger partial charge in [-0.3, -0.25) is 4.79 Å². The first-order valence-electron chi connectivity index (χ1n) is 8.00. The standard InChI is InChI=1S/C19H21ClN2O2/c1-21(2)17-11-12-22(18-6-4-3-5-16(17)18)19(23)13-24-15-9-7-14(20)8-10-15/h3-10,17H,11-13H2,1-2H3. The summed E-state index contributed by atoms with van der Waals surface area (Å²) in [5, 5.41) is 0.647. The third kappa shape index (κ3) is 3.55. The maximum absolute atomic E-state index is 12.6. The zero-order chi connectivity index (χ0) is 17.1. The second-order valence-corrected chi connectivity index (χ2v) is 6.55. The summed E-state index contributed by atoms with van der Waals surface area (Å²) in [6.45, 7) is 0.714. The van der Waals surface area contributed by atoms with E-state index in [1.54, 1.807) is 24.3 Å². The number of carbonyl (C=O) groups excluding carboxylic acids is 1. The van der Waals surface area contributed by atoms with Crippen LogP contribution in [0.5, 0.6) is 5.75 Å². The largest absolute Gasteiger partial charge is 0.484 e. The van der Waals surface area contributed by atoms with Gasteiger partial charge in [-0.1, -0.05) is 29.8 Å². The molecule has 0 saturated heterocycles. The summed E-state index contributed by atoms with van der Waals surface area (Å²) < 4.78 is 5.61. The van der Waals surface area contributed by atoms with Crippen LogP contribution in [0.25, 0.3) is 0 Å². The minimum absolute atomic E-state index is 0.0165. The van der Waals surface area contributed by atoms with Crippen molar-refractivity contribution in [1.82, 2.24) is 4.90 Å². The van der Waals surface area contributed by atoms with Gasteiger partial charge in [0.1, 0.15) is 5.75 Å². The molecule has 1 atom stereocenters. The molecule has 4 nitrogen and oxygen atoms in total. The Morgan fingerprint density at radius 2 is 1.92 bits per heavy atom. The van der Waals surface area contributed by atoms with E-state index in [1.165, 1.54) is 5.56 Å². The highest BCUT2D eigenvalue weighted by Crippen LogP contribution is 2.36. The van der Waals surface area contributed by atoms with Crippen LogP contribution >= 0.6 is 11.6 Å². The van der Waals surface area contributed by atoms with Gasteiger partial charge < -0.3 is 14.5 Å². The van der Waals surface area contributed by atoms with Crippen LogP contribution in [0.4, 0.5) is 5.69 Å². The number of hydrogen-bond acceptors (Lipinski definition) is 3. The Bertz CT molecular complexity index is 716. The van der Waals surface area contributed by atoms with Crippen LogP contribution in [0, 0.1) is 0 Å². The summed E-state index contributed by atoms with van der Waals surface area (Å²) in [7, 11) is 4.14. The molecule has 1 amide bonds. The van der Waals surface area contributed by atoms with Crippen molar-refractivity contribution in [3.05, 3.63) is 59.1 Å². The number of ether oxygens (including phenoxy) is 1. The first-order chi connectivity index (χ1) is 11.6. The van der Waals surface area contributed by atoms with Gasteiger partial charge in [0.15, 0.2) is 6.61 Å². The quantitative estimate of drug-likeness (QED) is 0.846. The highest BCUT2D eigenvalue weighted by atomic mass is 35.5. The zero-order valence-electron chi connectivity index (χ0n) is 13.9. The van der Waals surface area contributed by atoms with Crippen LogP contribution in [-0.2, 0) is 4.79 Å². The van der Waals surface area contributed by atoms with Crippen molar-refractivity contribution in [3.63, 3.8) is 0 Å². The summed E-state index contributed by atoms with van der Waals surface area (Å²) in [4.78, 5) is 16.7. The van der Waals surface area contributed by atoms with E-state index in [4.69, 9.17) is 16.3 Å². The van der Waals surface area contributed by atoms with E-state index in [-0.39, 0.29) is 12.5 Å². The van der Waals surface area contributed by atoms with E-state index < -0.39 is 0 Å². The molecule has 2 aromatic rings. The van der Waals surface area contributed by atoms with Crippen LogP contribution in [0.15, 0.2) is 48.5 Å². The predicted molar refractivity (Wildman–Crippen MR) is 96.8 cm³/mol. The van der Waals surface area contributed by atoms with Gasteiger partial charge >= 0.3 is 0 Å². The molecule has 1 heterocycles. The van der Waals surface area contributed by atoms with E-state index in [2.05, 4.69) is 25.1 Å². The normalized spacial score (nSPS) is 16.8. The molecule has 126 valence electrons. The molecule has 2 aromatic carbocycles. The van der Waals surface area contributed by atoms with Crippen molar-refractivity contribution in [3.8, 4) is 5.75 Å². The summed E-state index contributed by atoms with van der Waals surface area (Å²) in [5.74, 6) is 0.610. The molecule has 0 radical (unpaired) electrons. The maximum atomic E-state index is 12.6. The number of para-hydroxylation sites is 1. The Kier molecular flexibility index (Phi) is 5.07. The lowest BCUT2D eigenvalue weighted by molar-refractivity contribution is -0.120. The van der Waals surface area contributed by atoms with Crippen LogP contribution in [0.3, 0.4) is 0 Å². The monoisotopic (exact) mass is 344 g/mol. The smallest absolute Gasteiger partial charge is 0.264 e. The lowest BCUT2D eigenvalue weighted by atomic mass is 9.95. The van der Waals surface area contributed by atoms with Crippen LogP contribution in [0.1, 0.15) is 18.0 Å². The molecule has 3 rings (SSSR count). The molecule has 0 aliphatic carbocycles. The minimum Gasteiger partial charge on any atom is -0.484 e. The number of halogens is 1. The molecule has 0 N–H and O–H groups in total. The molecule has 24 heavy (non-hydrogen) atoms. The van der Waals surface area contributed by atoms with Crippen molar-refractivity contribution in [2.75, 3.05) is 32.1 Å². The fraction of sp³-hybridized carbons (Fsp3) is 0.316. The Morgan fingerprint density at radius 1 is 1.21 bits per heavy atom. The van der Waals surface area contributed by atoms with Gasteiger partial charge in [-0.25, -0.2) is 0 Å². The van der Waals surface area contributed by atoms with Gasteiger partial charge in [0.25, 0.3) is 5.91 Å². The second-order valence-electron chi connectivity index (χ2n) is 6.11. The number of carbonyl (C=O) groups is 1. The second kappa shape index (κ2) is 7.24. The molecular weight excluding hydrogens is 324 g/mol. The number of hydrogen-bond donors (Lipinski definition) is 0. The van der Waals surface area contributed by atoms with Gasteiger partial charge in [0, 0.05) is 23.3 Å². The van der Waals surface area contributed by atoms with Crippen molar-refractivity contribution < 1.29 is 9.53 Å². The highest BCUT2D eigenvalue weighted by Gasteiger charge is 2.29. The van der Waals surface area contributed by atoms with Crippen LogP contribution in [0.2, 0.25) is 5.02 Å². The van der Waals surface area contributed by atoms with Crippen molar-refractivity contribution >= 4 is 23.2 Å². The van der Waals surface area contributed by atoms with Gasteiger partial charge in [-0.05, 0) is 56.4 Å². The SMILES string of the molecule is CN(C)C1CCN(C(=O)COc2ccc(Cl)cc2)c2ccccc21. The van der Waals surface area contributed by atoms with Crippen LogP contribution < -0.4 is 9.64 Å². The molecule has 0 spiro atoms. The van der Waals surface area contributed by atoms with Crippen molar-refractivity contribution in [2.24, 2.45) is 0 Å². The summed E-state index contributed by atoms with van der Waals surface area (Å²) >= 11 is 5.86. The predicted octanol–water partition coefficient (Wildman–Crippen LogP) is 3.76. The molecule has 0 bridgehead atoms. The average Bonchev–Trinajstić information content (AvgIpc) is 2.60. The van der Waals surface area contributed by atoms with E-state index >= 15 is 0 Å². The first kappa shape index (κ1) is 16.8. The zero-order valence-corrected chi connectivity index (χ0v) is 14.7. The summed E-state index contributed by atoms with van der Waals surface area (Å²) in [6.07, 6.45) is 0.913. The molecule has 1 aliphatic heterocycles. The minimum atomic E-state index is -0.0328. The first-order valence-corrected chi connectivity index (χ1v) is 8.38. The van der Waals surface area contributed by atoms with Gasteiger partial charge in [-0.15, -0.1) is 0 Å². The van der Waals surface area contributed by atoms with Crippen molar-refractivity contribution in [1.29, 1.82) is 0 Å². The van der Waals surface area contributed by atoms with E-state index in [0.29, 0.717) is 23.4 Å². The Labute approximate surface area is 147 Å². The molecule has 0 aromatic heterocycles.